The molecular formula is C11H12FN3. The van der Waals surface area contributed by atoms with Gasteiger partial charge in [0.2, 0.25) is 0 Å². The summed E-state index contributed by atoms with van der Waals surface area (Å²) in [4.78, 5) is 0. The van der Waals surface area contributed by atoms with E-state index in [4.69, 9.17) is 5.73 Å². The molecule has 4 heteroatoms. The molecule has 0 fully saturated rings. The zero-order valence-corrected chi connectivity index (χ0v) is 8.44. The summed E-state index contributed by atoms with van der Waals surface area (Å²) >= 11 is 0. The van der Waals surface area contributed by atoms with Gasteiger partial charge in [0, 0.05) is 12.2 Å². The van der Waals surface area contributed by atoms with Crippen LogP contribution < -0.4 is 5.73 Å². The summed E-state index contributed by atoms with van der Waals surface area (Å²) in [6, 6.07) is 8.22. The maximum Gasteiger partial charge on any atom is 0.125 e. The van der Waals surface area contributed by atoms with Gasteiger partial charge in [-0.3, -0.25) is 0 Å². The monoisotopic (exact) mass is 205 g/mol. The molecule has 0 bridgehead atoms. The highest BCUT2D eigenvalue weighted by Crippen LogP contribution is 2.12. The van der Waals surface area contributed by atoms with Crippen LogP contribution in [0.1, 0.15) is 11.4 Å². The summed E-state index contributed by atoms with van der Waals surface area (Å²) in [5.74, 6) is -0.267. The first kappa shape index (κ1) is 9.86. The van der Waals surface area contributed by atoms with Crippen LogP contribution in [0.4, 0.5) is 4.39 Å². The standard InChI is InChI=1S/C11H12FN3/c1-8-5-10(7-13)14-15(8)11-4-2-3-9(12)6-11/h2-6H,7,13H2,1H3. The van der Waals surface area contributed by atoms with Crippen molar-refractivity contribution >= 4 is 0 Å². The third kappa shape index (κ3) is 1.89. The molecule has 3 nitrogen and oxygen atoms in total. The number of halogens is 1. The molecule has 0 saturated carbocycles. The molecule has 2 N–H and O–H groups in total. The first-order valence-electron chi connectivity index (χ1n) is 4.72. The van der Waals surface area contributed by atoms with Gasteiger partial charge < -0.3 is 5.73 Å². The third-order valence-electron chi connectivity index (χ3n) is 2.20. The molecule has 0 radical (unpaired) electrons. The Hall–Kier alpha value is -1.68. The van der Waals surface area contributed by atoms with E-state index in [2.05, 4.69) is 5.10 Å². The van der Waals surface area contributed by atoms with Crippen LogP contribution in [0.3, 0.4) is 0 Å². The first-order valence-corrected chi connectivity index (χ1v) is 4.72. The van der Waals surface area contributed by atoms with Crippen molar-refractivity contribution < 1.29 is 4.39 Å². The number of hydrogen-bond acceptors (Lipinski definition) is 2. The highest BCUT2D eigenvalue weighted by atomic mass is 19.1. The predicted molar refractivity (Wildman–Crippen MR) is 56.2 cm³/mol. The van der Waals surface area contributed by atoms with Crippen LogP contribution >= 0.6 is 0 Å². The van der Waals surface area contributed by atoms with Crippen molar-refractivity contribution in [2.75, 3.05) is 0 Å². The minimum atomic E-state index is -0.267. The number of aryl methyl sites for hydroxylation is 1. The van der Waals surface area contributed by atoms with Gasteiger partial charge in [-0.1, -0.05) is 6.07 Å². The number of rotatable bonds is 2. The van der Waals surface area contributed by atoms with Crippen molar-refractivity contribution in [3.63, 3.8) is 0 Å². The molecule has 0 unspecified atom stereocenters. The molecule has 2 rings (SSSR count). The van der Waals surface area contributed by atoms with Crippen molar-refractivity contribution in [3.05, 3.63) is 47.5 Å². The van der Waals surface area contributed by atoms with E-state index in [-0.39, 0.29) is 5.82 Å². The summed E-state index contributed by atoms with van der Waals surface area (Å²) in [5.41, 5.74) is 7.95. The third-order valence-corrected chi connectivity index (χ3v) is 2.20. The molecule has 1 aromatic heterocycles. The highest BCUT2D eigenvalue weighted by Gasteiger charge is 2.05. The van der Waals surface area contributed by atoms with Crippen molar-refractivity contribution in [2.45, 2.75) is 13.5 Å². The fourth-order valence-corrected chi connectivity index (χ4v) is 1.51. The lowest BCUT2D eigenvalue weighted by Gasteiger charge is -2.03. The van der Waals surface area contributed by atoms with E-state index in [1.54, 1.807) is 10.7 Å². The second-order valence-electron chi connectivity index (χ2n) is 3.37. The van der Waals surface area contributed by atoms with E-state index in [9.17, 15) is 4.39 Å². The minimum Gasteiger partial charge on any atom is -0.325 e. The Balaban J connectivity index is 2.48. The van der Waals surface area contributed by atoms with Crippen LogP contribution in [0.5, 0.6) is 0 Å². The van der Waals surface area contributed by atoms with Gasteiger partial charge in [0.1, 0.15) is 5.82 Å². The molecule has 2 aromatic rings. The number of benzene rings is 1. The van der Waals surface area contributed by atoms with Crippen LogP contribution in [-0.4, -0.2) is 9.78 Å². The summed E-state index contributed by atoms with van der Waals surface area (Å²) < 4.78 is 14.7. The number of hydrogen-bond donors (Lipinski definition) is 1. The second kappa shape index (κ2) is 3.82. The van der Waals surface area contributed by atoms with Crippen LogP contribution in [0.25, 0.3) is 5.69 Å². The Morgan fingerprint density at radius 2 is 2.20 bits per heavy atom. The van der Waals surface area contributed by atoms with Crippen LogP contribution in [-0.2, 0) is 6.54 Å². The van der Waals surface area contributed by atoms with Crippen LogP contribution in [0, 0.1) is 12.7 Å². The molecule has 0 aliphatic carbocycles. The highest BCUT2D eigenvalue weighted by molar-refractivity contribution is 5.33. The molecule has 78 valence electrons. The maximum absolute atomic E-state index is 13.0. The Morgan fingerprint density at radius 3 is 2.80 bits per heavy atom. The van der Waals surface area contributed by atoms with Gasteiger partial charge in [0.05, 0.1) is 11.4 Å². The molecular weight excluding hydrogens is 193 g/mol. The smallest absolute Gasteiger partial charge is 0.125 e. The van der Waals surface area contributed by atoms with Crippen molar-refractivity contribution in [1.29, 1.82) is 0 Å². The largest absolute Gasteiger partial charge is 0.325 e. The quantitative estimate of drug-likeness (QED) is 0.812. The minimum absolute atomic E-state index is 0.267. The zero-order valence-electron chi connectivity index (χ0n) is 8.44. The second-order valence-corrected chi connectivity index (χ2v) is 3.37. The maximum atomic E-state index is 13.0. The number of nitrogens with two attached hydrogens (primary N) is 1. The number of nitrogens with zero attached hydrogens (tertiary/aromatic N) is 2. The summed E-state index contributed by atoms with van der Waals surface area (Å²) in [5, 5.41) is 4.26. The normalized spacial score (nSPS) is 10.6. The Kier molecular flexibility index (Phi) is 2.51. The van der Waals surface area contributed by atoms with E-state index in [0.29, 0.717) is 12.2 Å². The van der Waals surface area contributed by atoms with E-state index < -0.39 is 0 Å². The zero-order chi connectivity index (χ0) is 10.8. The Morgan fingerprint density at radius 1 is 1.40 bits per heavy atom. The summed E-state index contributed by atoms with van der Waals surface area (Å²) in [7, 11) is 0. The molecule has 0 aliphatic heterocycles. The lowest BCUT2D eigenvalue weighted by Crippen LogP contribution is -2.01. The lowest BCUT2D eigenvalue weighted by atomic mass is 10.3. The van der Waals surface area contributed by atoms with Crippen molar-refractivity contribution in [1.82, 2.24) is 9.78 Å². The summed E-state index contributed by atoms with van der Waals surface area (Å²) in [6.07, 6.45) is 0. The first-order chi connectivity index (χ1) is 7.20. The van der Waals surface area contributed by atoms with Crippen molar-refractivity contribution in [3.8, 4) is 5.69 Å². The van der Waals surface area contributed by atoms with Gasteiger partial charge in [0.25, 0.3) is 0 Å². The molecule has 15 heavy (non-hydrogen) atoms. The SMILES string of the molecule is Cc1cc(CN)nn1-c1cccc(F)c1. The van der Waals surface area contributed by atoms with Gasteiger partial charge in [0.15, 0.2) is 0 Å². The predicted octanol–water partition coefficient (Wildman–Crippen LogP) is 1.78. The molecule has 0 spiro atoms. The molecule has 1 heterocycles. The summed E-state index contributed by atoms with van der Waals surface area (Å²) in [6.45, 7) is 2.31. The topological polar surface area (TPSA) is 43.8 Å². The molecule has 0 saturated heterocycles. The van der Waals surface area contributed by atoms with Gasteiger partial charge in [-0.05, 0) is 31.2 Å². The average Bonchev–Trinajstić information content (AvgIpc) is 2.60. The fourth-order valence-electron chi connectivity index (χ4n) is 1.51. The van der Waals surface area contributed by atoms with Gasteiger partial charge in [-0.25, -0.2) is 9.07 Å². The van der Waals surface area contributed by atoms with Crippen molar-refractivity contribution in [2.24, 2.45) is 5.73 Å². The number of aromatic nitrogens is 2. The van der Waals surface area contributed by atoms with E-state index in [1.165, 1.54) is 12.1 Å². The van der Waals surface area contributed by atoms with E-state index >= 15 is 0 Å². The molecule has 1 aromatic carbocycles. The molecule has 0 aliphatic rings. The Bertz CT molecular complexity index is 476. The van der Waals surface area contributed by atoms with Gasteiger partial charge in [-0.2, -0.15) is 5.10 Å². The van der Waals surface area contributed by atoms with E-state index in [1.807, 2.05) is 19.1 Å². The van der Waals surface area contributed by atoms with Gasteiger partial charge in [-0.15, -0.1) is 0 Å². The van der Waals surface area contributed by atoms with Crippen LogP contribution in [0.15, 0.2) is 30.3 Å². The lowest BCUT2D eigenvalue weighted by molar-refractivity contribution is 0.625. The van der Waals surface area contributed by atoms with Crippen LogP contribution in [0.2, 0.25) is 0 Å². The molecule has 0 atom stereocenters. The molecule has 0 amide bonds. The average molecular weight is 205 g/mol. The Labute approximate surface area is 87.3 Å². The van der Waals surface area contributed by atoms with E-state index in [0.717, 1.165) is 11.4 Å². The van der Waals surface area contributed by atoms with Gasteiger partial charge >= 0.3 is 0 Å². The fraction of sp³-hybridized carbons (Fsp3) is 0.182.